The average molecular weight is 390 g/mol. The van der Waals surface area contributed by atoms with Crippen molar-refractivity contribution in [3.05, 3.63) is 58.4 Å². The highest BCUT2D eigenvalue weighted by Crippen LogP contribution is 2.32. The number of hydrogen-bond acceptors (Lipinski definition) is 4. The minimum absolute atomic E-state index is 0. The van der Waals surface area contributed by atoms with Gasteiger partial charge in [-0.15, -0.1) is 12.4 Å². The maximum absolute atomic E-state index is 13.1. The first-order valence-electron chi connectivity index (χ1n) is 7.62. The molecule has 7 heteroatoms. The topological polar surface area (TPSA) is 50.7 Å². The molecule has 0 radical (unpaired) electrons. The smallest absolute Gasteiger partial charge is 0.166 e. The molecule has 1 unspecified atom stereocenters. The van der Waals surface area contributed by atoms with Gasteiger partial charge in [-0.25, -0.2) is 4.39 Å². The Kier molecular flexibility index (Phi) is 9.00. The number of nitrogens with one attached hydrogen (secondary N) is 1. The van der Waals surface area contributed by atoms with E-state index in [1.165, 1.54) is 12.1 Å². The molecule has 0 amide bonds. The van der Waals surface area contributed by atoms with Crippen LogP contribution in [0.5, 0.6) is 11.5 Å². The fourth-order valence-electron chi connectivity index (χ4n) is 2.23. The lowest BCUT2D eigenvalue weighted by Crippen LogP contribution is -2.24. The molecule has 2 aromatic rings. The van der Waals surface area contributed by atoms with Gasteiger partial charge in [-0.3, -0.25) is 0 Å². The van der Waals surface area contributed by atoms with Gasteiger partial charge in [-0.2, -0.15) is 0 Å². The lowest BCUT2D eigenvalue weighted by Gasteiger charge is -2.16. The molecule has 2 aromatic carbocycles. The highest BCUT2D eigenvalue weighted by molar-refractivity contribution is 6.31. The normalized spacial score (nSPS) is 11.6. The number of hydrogen-bond donors (Lipinski definition) is 2. The first-order valence-corrected chi connectivity index (χ1v) is 8.00. The number of aliphatic hydroxyl groups is 1. The fraction of sp³-hybridized carbons (Fsp3) is 0.333. The summed E-state index contributed by atoms with van der Waals surface area (Å²) in [6, 6.07) is 9.79. The Morgan fingerprint density at radius 1 is 1.24 bits per heavy atom. The molecule has 0 aliphatic rings. The summed E-state index contributed by atoms with van der Waals surface area (Å²) in [5.41, 5.74) is 1.58. The van der Waals surface area contributed by atoms with Gasteiger partial charge in [0.2, 0.25) is 0 Å². The highest BCUT2D eigenvalue weighted by Gasteiger charge is 2.12. The van der Waals surface area contributed by atoms with Crippen LogP contribution in [0.2, 0.25) is 5.02 Å². The molecule has 0 fully saturated rings. The summed E-state index contributed by atoms with van der Waals surface area (Å²) in [6.07, 6.45) is -0.432. The average Bonchev–Trinajstić information content (AvgIpc) is 2.54. The predicted molar refractivity (Wildman–Crippen MR) is 99.4 cm³/mol. The van der Waals surface area contributed by atoms with Crippen molar-refractivity contribution in [2.45, 2.75) is 26.2 Å². The monoisotopic (exact) mass is 389 g/mol. The van der Waals surface area contributed by atoms with Gasteiger partial charge in [0, 0.05) is 24.2 Å². The van der Waals surface area contributed by atoms with E-state index < -0.39 is 6.10 Å². The summed E-state index contributed by atoms with van der Waals surface area (Å²) in [7, 11) is 1.57. The van der Waals surface area contributed by atoms with E-state index in [-0.39, 0.29) is 24.8 Å². The van der Waals surface area contributed by atoms with Gasteiger partial charge in [-0.1, -0.05) is 29.8 Å². The Morgan fingerprint density at radius 2 is 2.00 bits per heavy atom. The summed E-state index contributed by atoms with van der Waals surface area (Å²) in [4.78, 5) is 0. The molecule has 0 saturated carbocycles. The van der Waals surface area contributed by atoms with Crippen LogP contribution in [0, 0.1) is 5.82 Å². The third-order valence-corrected chi connectivity index (χ3v) is 3.77. The van der Waals surface area contributed by atoms with E-state index in [1.54, 1.807) is 26.2 Å². The first kappa shape index (κ1) is 21.5. The van der Waals surface area contributed by atoms with E-state index in [4.69, 9.17) is 21.1 Å². The molecule has 138 valence electrons. The summed E-state index contributed by atoms with van der Waals surface area (Å²) < 4.78 is 24.4. The summed E-state index contributed by atoms with van der Waals surface area (Å²) in [5.74, 6) is 0.812. The lowest BCUT2D eigenvalue weighted by molar-refractivity contribution is 0.190. The van der Waals surface area contributed by atoms with Gasteiger partial charge in [0.25, 0.3) is 0 Å². The van der Waals surface area contributed by atoms with Crippen LogP contribution in [-0.2, 0) is 13.2 Å². The molecule has 0 spiro atoms. The van der Waals surface area contributed by atoms with E-state index >= 15 is 0 Å². The zero-order valence-corrected chi connectivity index (χ0v) is 15.7. The van der Waals surface area contributed by atoms with Crippen LogP contribution in [0.15, 0.2) is 36.4 Å². The summed E-state index contributed by atoms with van der Waals surface area (Å²) >= 11 is 6.04. The zero-order chi connectivity index (χ0) is 17.5. The second-order valence-corrected chi connectivity index (χ2v) is 5.86. The Morgan fingerprint density at radius 3 is 2.64 bits per heavy atom. The van der Waals surface area contributed by atoms with Crippen molar-refractivity contribution in [3.8, 4) is 11.5 Å². The quantitative estimate of drug-likeness (QED) is 0.717. The molecular weight excluding hydrogens is 368 g/mol. The Balaban J connectivity index is 0.00000312. The van der Waals surface area contributed by atoms with Gasteiger partial charge < -0.3 is 19.9 Å². The molecule has 0 aliphatic carbocycles. The van der Waals surface area contributed by atoms with Crippen molar-refractivity contribution in [2.75, 3.05) is 13.7 Å². The van der Waals surface area contributed by atoms with E-state index in [0.29, 0.717) is 35.2 Å². The fourth-order valence-corrected chi connectivity index (χ4v) is 2.45. The van der Waals surface area contributed by atoms with Gasteiger partial charge in [-0.05, 0) is 25.1 Å². The van der Waals surface area contributed by atoms with Crippen LogP contribution >= 0.6 is 24.0 Å². The number of aliphatic hydroxyl groups excluding tert-OH is 1. The number of benzene rings is 2. The second kappa shape index (κ2) is 10.5. The maximum Gasteiger partial charge on any atom is 0.166 e. The third-order valence-electron chi connectivity index (χ3n) is 3.42. The van der Waals surface area contributed by atoms with E-state index in [1.807, 2.05) is 12.1 Å². The second-order valence-electron chi connectivity index (χ2n) is 5.45. The molecule has 25 heavy (non-hydrogen) atoms. The van der Waals surface area contributed by atoms with Crippen LogP contribution in [-0.4, -0.2) is 24.9 Å². The standard InChI is InChI=1S/C18H21ClFNO3.ClH/c1-12(22)9-21-10-13-4-3-5-17(23-2)18(13)24-11-14-6-7-15(20)8-16(14)19;/h3-8,12,21-22H,9-11H2,1-2H3;1H. The van der Waals surface area contributed by atoms with Crippen LogP contribution in [0.25, 0.3) is 0 Å². The minimum atomic E-state index is -0.432. The van der Waals surface area contributed by atoms with Crippen molar-refractivity contribution in [1.82, 2.24) is 5.32 Å². The zero-order valence-electron chi connectivity index (χ0n) is 14.1. The maximum atomic E-state index is 13.1. The van der Waals surface area contributed by atoms with Gasteiger partial charge in [0.1, 0.15) is 12.4 Å². The molecule has 4 nitrogen and oxygen atoms in total. The molecule has 1 atom stereocenters. The SMILES string of the molecule is COc1cccc(CNCC(C)O)c1OCc1ccc(F)cc1Cl.Cl. The van der Waals surface area contributed by atoms with E-state index in [2.05, 4.69) is 5.32 Å². The van der Waals surface area contributed by atoms with Crippen LogP contribution < -0.4 is 14.8 Å². The number of rotatable bonds is 8. The van der Waals surface area contributed by atoms with Crippen molar-refractivity contribution in [2.24, 2.45) is 0 Å². The molecule has 0 heterocycles. The Labute approximate surface area is 158 Å². The van der Waals surface area contributed by atoms with Gasteiger partial charge in [0.15, 0.2) is 11.5 Å². The van der Waals surface area contributed by atoms with Crippen LogP contribution in [0.4, 0.5) is 4.39 Å². The predicted octanol–water partition coefficient (Wildman–Crippen LogP) is 3.96. The van der Waals surface area contributed by atoms with Crippen molar-refractivity contribution < 1.29 is 19.0 Å². The summed E-state index contributed by atoms with van der Waals surface area (Å²) in [5, 5.41) is 12.8. The number of ether oxygens (including phenoxy) is 2. The van der Waals surface area contributed by atoms with Crippen molar-refractivity contribution >= 4 is 24.0 Å². The molecule has 0 aromatic heterocycles. The molecule has 0 saturated heterocycles. The minimum Gasteiger partial charge on any atom is -0.493 e. The molecule has 2 rings (SSSR count). The lowest BCUT2D eigenvalue weighted by atomic mass is 10.1. The van der Waals surface area contributed by atoms with Gasteiger partial charge in [0.05, 0.1) is 18.2 Å². The molecule has 2 N–H and O–H groups in total. The summed E-state index contributed by atoms with van der Waals surface area (Å²) in [6.45, 7) is 2.91. The largest absolute Gasteiger partial charge is 0.493 e. The van der Waals surface area contributed by atoms with Crippen LogP contribution in [0.3, 0.4) is 0 Å². The molecule has 0 bridgehead atoms. The number of methoxy groups -OCH3 is 1. The van der Waals surface area contributed by atoms with Crippen molar-refractivity contribution in [3.63, 3.8) is 0 Å². The Hall–Kier alpha value is -1.53. The Bertz CT molecular complexity index is 683. The van der Waals surface area contributed by atoms with E-state index in [0.717, 1.165) is 5.56 Å². The molecule has 0 aliphatic heterocycles. The van der Waals surface area contributed by atoms with E-state index in [9.17, 15) is 9.50 Å². The van der Waals surface area contributed by atoms with Gasteiger partial charge >= 0.3 is 0 Å². The number of halogens is 3. The highest BCUT2D eigenvalue weighted by atomic mass is 35.5. The van der Waals surface area contributed by atoms with Crippen molar-refractivity contribution in [1.29, 1.82) is 0 Å². The molecular formula is C18H22Cl2FNO3. The number of para-hydroxylation sites is 1. The first-order chi connectivity index (χ1) is 11.5. The van der Waals surface area contributed by atoms with Crippen LogP contribution in [0.1, 0.15) is 18.1 Å². The third kappa shape index (κ3) is 6.36.